The van der Waals surface area contributed by atoms with Crippen molar-refractivity contribution in [3.8, 4) is 11.4 Å². The van der Waals surface area contributed by atoms with Crippen molar-refractivity contribution in [2.45, 2.75) is 0 Å². The van der Waals surface area contributed by atoms with Gasteiger partial charge in [-0.1, -0.05) is 67.5 Å². The van der Waals surface area contributed by atoms with Crippen molar-refractivity contribution in [3.63, 3.8) is 0 Å². The zero-order valence-corrected chi connectivity index (χ0v) is 16.1. The van der Waals surface area contributed by atoms with E-state index >= 15 is 0 Å². The van der Waals surface area contributed by atoms with Gasteiger partial charge in [0.25, 0.3) is 5.56 Å². The summed E-state index contributed by atoms with van der Waals surface area (Å²) in [4.78, 5) is 17.6. The lowest BCUT2D eigenvalue weighted by Crippen LogP contribution is -2.23. The fraction of sp³-hybridized carbons (Fsp3) is 0. The summed E-state index contributed by atoms with van der Waals surface area (Å²) >= 11 is 8.18. The number of benzene rings is 2. The van der Waals surface area contributed by atoms with Crippen LogP contribution in [0.15, 0.2) is 62.3 Å². The summed E-state index contributed by atoms with van der Waals surface area (Å²) in [6, 6.07) is 15.5. The molecule has 0 saturated heterocycles. The Morgan fingerprint density at radius 2 is 1.83 bits per heavy atom. The van der Waals surface area contributed by atoms with Crippen LogP contribution < -0.4 is 10.1 Å². The predicted molar refractivity (Wildman–Crippen MR) is 103 cm³/mol. The van der Waals surface area contributed by atoms with Crippen molar-refractivity contribution in [2.75, 3.05) is 0 Å². The fourth-order valence-electron chi connectivity index (χ4n) is 2.30. The zero-order valence-electron chi connectivity index (χ0n) is 12.1. The van der Waals surface area contributed by atoms with Crippen LogP contribution in [0.5, 0.6) is 0 Å². The van der Waals surface area contributed by atoms with Crippen molar-refractivity contribution in [1.29, 1.82) is 0 Å². The van der Waals surface area contributed by atoms with Gasteiger partial charge in [-0.05, 0) is 35.9 Å². The third kappa shape index (κ3) is 2.94. The Kier molecular flexibility index (Phi) is 4.07. The van der Waals surface area contributed by atoms with E-state index in [1.165, 1.54) is 15.9 Å². The first-order chi connectivity index (χ1) is 11.6. The predicted octanol–water partition coefficient (Wildman–Crippen LogP) is 3.89. The Morgan fingerprint density at radius 3 is 2.54 bits per heavy atom. The largest absolute Gasteiger partial charge is 0.291 e. The third-order valence-corrected chi connectivity index (χ3v) is 5.41. The highest BCUT2D eigenvalue weighted by Crippen LogP contribution is 2.19. The Hall–Kier alpha value is -1.83. The van der Waals surface area contributed by atoms with Gasteiger partial charge < -0.3 is 0 Å². The first-order valence-corrected chi connectivity index (χ1v) is 9.43. The molecule has 0 radical (unpaired) electrons. The van der Waals surface area contributed by atoms with Gasteiger partial charge in [0.2, 0.25) is 4.96 Å². The van der Waals surface area contributed by atoms with Gasteiger partial charge in [0.15, 0.2) is 5.82 Å². The van der Waals surface area contributed by atoms with Gasteiger partial charge in [-0.2, -0.15) is 9.50 Å². The molecule has 7 heteroatoms. The van der Waals surface area contributed by atoms with Gasteiger partial charge in [0.05, 0.1) is 4.53 Å². The van der Waals surface area contributed by atoms with E-state index < -0.39 is 0 Å². The normalized spacial score (nSPS) is 12.2. The molecule has 4 nitrogen and oxygen atoms in total. The number of hydrogen-bond acceptors (Lipinski definition) is 4. The molecule has 0 aliphatic rings. The average molecular weight is 463 g/mol. The second-order valence-electron chi connectivity index (χ2n) is 5.11. The van der Waals surface area contributed by atoms with Gasteiger partial charge in [-0.25, -0.2) is 0 Å². The van der Waals surface area contributed by atoms with Crippen molar-refractivity contribution < 1.29 is 0 Å². The van der Waals surface area contributed by atoms with Crippen molar-refractivity contribution in [2.24, 2.45) is 0 Å². The maximum Gasteiger partial charge on any atom is 0.291 e. The van der Waals surface area contributed by atoms with Crippen LogP contribution in [0.4, 0.5) is 0 Å². The number of thiazole rings is 1. The molecule has 0 saturated carbocycles. The van der Waals surface area contributed by atoms with Crippen LogP contribution in [0.1, 0.15) is 5.56 Å². The van der Waals surface area contributed by atoms with E-state index in [2.05, 4.69) is 41.9 Å². The van der Waals surface area contributed by atoms with Crippen molar-refractivity contribution in [1.82, 2.24) is 14.6 Å². The molecular formula is C17H9Br2N3OS. The van der Waals surface area contributed by atoms with Crippen LogP contribution in [-0.2, 0) is 0 Å². The Balaban J connectivity index is 1.81. The van der Waals surface area contributed by atoms with E-state index in [4.69, 9.17) is 0 Å². The van der Waals surface area contributed by atoms with Crippen molar-refractivity contribution >= 4 is 54.2 Å². The van der Waals surface area contributed by atoms with E-state index in [9.17, 15) is 4.79 Å². The van der Waals surface area contributed by atoms with Crippen LogP contribution in [0.25, 0.3) is 22.4 Å². The van der Waals surface area contributed by atoms with Crippen LogP contribution in [-0.4, -0.2) is 14.6 Å². The van der Waals surface area contributed by atoms with Crippen molar-refractivity contribution in [3.05, 3.63) is 77.9 Å². The molecule has 0 bridgehead atoms. The van der Waals surface area contributed by atoms with E-state index in [-0.39, 0.29) is 5.56 Å². The van der Waals surface area contributed by atoms with Crippen LogP contribution in [0, 0.1) is 0 Å². The first-order valence-electron chi connectivity index (χ1n) is 7.03. The van der Waals surface area contributed by atoms with Crippen LogP contribution in [0.3, 0.4) is 0 Å². The summed E-state index contributed by atoms with van der Waals surface area (Å²) in [6.45, 7) is 0. The lowest BCUT2D eigenvalue weighted by Gasteiger charge is -1.94. The molecule has 4 rings (SSSR count). The Morgan fingerprint density at radius 1 is 1.04 bits per heavy atom. The molecule has 0 atom stereocenters. The molecule has 2 aromatic carbocycles. The Labute approximate surface area is 157 Å². The molecule has 2 aromatic heterocycles. The quantitative estimate of drug-likeness (QED) is 0.454. The van der Waals surface area contributed by atoms with Crippen LogP contribution in [0.2, 0.25) is 0 Å². The number of hydrogen-bond donors (Lipinski definition) is 0. The van der Waals surface area contributed by atoms with Gasteiger partial charge in [0, 0.05) is 14.5 Å². The maximum atomic E-state index is 12.5. The van der Waals surface area contributed by atoms with Gasteiger partial charge >= 0.3 is 0 Å². The van der Waals surface area contributed by atoms with Gasteiger partial charge in [0.1, 0.15) is 0 Å². The number of aromatic nitrogens is 3. The number of fused-ring (bicyclic) bond motifs is 1. The molecule has 0 amide bonds. The summed E-state index contributed by atoms with van der Waals surface area (Å²) in [7, 11) is 0. The molecule has 0 spiro atoms. The minimum Gasteiger partial charge on any atom is -0.266 e. The molecule has 24 heavy (non-hydrogen) atoms. The highest BCUT2D eigenvalue weighted by atomic mass is 79.9. The summed E-state index contributed by atoms with van der Waals surface area (Å²) < 4.78 is 3.94. The summed E-state index contributed by atoms with van der Waals surface area (Å²) in [5, 5.41) is 4.35. The number of rotatable bonds is 2. The van der Waals surface area contributed by atoms with E-state index in [0.717, 1.165) is 20.1 Å². The standard InChI is InChI=1S/C17H9Br2N3OS/c18-12-6-4-11(5-7-12)15-20-17-22(21-15)16(23)14(24-17)9-10-2-1-3-13(19)8-10/h1-9H/b14-9-. The second-order valence-corrected chi connectivity index (χ2v) is 7.95. The highest BCUT2D eigenvalue weighted by Gasteiger charge is 2.11. The lowest BCUT2D eigenvalue weighted by atomic mass is 10.2. The molecular weight excluding hydrogens is 454 g/mol. The smallest absolute Gasteiger partial charge is 0.266 e. The van der Waals surface area contributed by atoms with Gasteiger partial charge in [-0.15, -0.1) is 5.10 Å². The topological polar surface area (TPSA) is 47.3 Å². The summed E-state index contributed by atoms with van der Waals surface area (Å²) in [5.41, 5.74) is 1.69. The SMILES string of the molecule is O=c1/c(=C/c2cccc(Br)c2)sc2nc(-c3ccc(Br)cc3)nn12. The molecule has 0 unspecified atom stereocenters. The van der Waals surface area contributed by atoms with Gasteiger partial charge in [-0.3, -0.25) is 4.79 Å². The molecule has 4 aromatic rings. The highest BCUT2D eigenvalue weighted by molar-refractivity contribution is 9.10. The lowest BCUT2D eigenvalue weighted by molar-refractivity contribution is 0.937. The molecule has 0 fully saturated rings. The van der Waals surface area contributed by atoms with E-state index in [1.807, 2.05) is 54.6 Å². The average Bonchev–Trinajstić information content (AvgIpc) is 3.09. The molecule has 0 aliphatic heterocycles. The minimum absolute atomic E-state index is 0.147. The Bertz CT molecular complexity index is 1150. The number of nitrogens with zero attached hydrogens (tertiary/aromatic N) is 3. The second kappa shape index (κ2) is 6.23. The summed E-state index contributed by atoms with van der Waals surface area (Å²) in [6.07, 6.45) is 1.85. The number of halogens is 2. The minimum atomic E-state index is -0.147. The van der Waals surface area contributed by atoms with Crippen LogP contribution >= 0.6 is 43.2 Å². The summed E-state index contributed by atoms with van der Waals surface area (Å²) in [5.74, 6) is 0.555. The molecule has 0 aliphatic carbocycles. The molecule has 2 heterocycles. The molecule has 0 N–H and O–H groups in total. The third-order valence-electron chi connectivity index (χ3n) is 3.43. The zero-order chi connectivity index (χ0) is 16.7. The van der Waals surface area contributed by atoms with E-state index in [1.54, 1.807) is 0 Å². The van der Waals surface area contributed by atoms with E-state index in [0.29, 0.717) is 15.3 Å². The first kappa shape index (κ1) is 15.7. The maximum absolute atomic E-state index is 12.5. The fourth-order valence-corrected chi connectivity index (χ4v) is 3.89. The monoisotopic (exact) mass is 461 g/mol. The molecule has 118 valence electrons.